The second-order valence-electron chi connectivity index (χ2n) is 10.8. The first-order valence-corrected chi connectivity index (χ1v) is 13.8. The van der Waals surface area contributed by atoms with E-state index in [0.717, 1.165) is 10.9 Å². The van der Waals surface area contributed by atoms with E-state index in [4.69, 9.17) is 34.8 Å². The molecule has 1 aromatic carbocycles. The van der Waals surface area contributed by atoms with Gasteiger partial charge in [-0.2, -0.15) is 0 Å². The minimum atomic E-state index is -1.03. The number of hydrogen-bond acceptors (Lipinski definition) is 8. The van der Waals surface area contributed by atoms with E-state index in [1.165, 1.54) is 12.3 Å². The molecule has 5 unspecified atom stereocenters. The van der Waals surface area contributed by atoms with Crippen LogP contribution in [0.2, 0.25) is 0 Å². The number of pyridine rings is 1. The summed E-state index contributed by atoms with van der Waals surface area (Å²) in [6.07, 6.45) is 5.04. The number of halogens is 3. The van der Waals surface area contributed by atoms with Gasteiger partial charge in [-0.1, -0.05) is 81.2 Å². The molecule has 1 fully saturated rings. The van der Waals surface area contributed by atoms with Crippen molar-refractivity contribution in [2.24, 2.45) is 23.7 Å². The van der Waals surface area contributed by atoms with Gasteiger partial charge in [-0.05, 0) is 30.9 Å². The summed E-state index contributed by atoms with van der Waals surface area (Å²) in [4.78, 5) is 24.5. The Morgan fingerprint density at radius 3 is 2.38 bits per heavy atom. The minimum Gasteiger partial charge on any atom is -0.344 e. The molecule has 0 amide bonds. The van der Waals surface area contributed by atoms with Crippen molar-refractivity contribution in [1.82, 2.24) is 21.8 Å². The van der Waals surface area contributed by atoms with Crippen molar-refractivity contribution < 1.29 is 9.85 Å². The van der Waals surface area contributed by atoms with Crippen LogP contribution in [0.15, 0.2) is 48.7 Å². The van der Waals surface area contributed by atoms with Crippen LogP contribution in [0.3, 0.4) is 0 Å². The van der Waals surface area contributed by atoms with Crippen LogP contribution in [0.25, 0.3) is 10.9 Å². The molecule has 2 aromatic rings. The molecule has 2 heterocycles. The van der Waals surface area contributed by atoms with Crippen LogP contribution in [0.5, 0.6) is 0 Å². The van der Waals surface area contributed by atoms with Crippen molar-refractivity contribution in [2.45, 2.75) is 62.1 Å². The number of hydrogen-bond donors (Lipinski definition) is 3. The third kappa shape index (κ3) is 8.22. The van der Waals surface area contributed by atoms with E-state index in [-0.39, 0.29) is 40.6 Å². The van der Waals surface area contributed by atoms with E-state index >= 15 is 0 Å². The van der Waals surface area contributed by atoms with E-state index in [2.05, 4.69) is 43.3 Å². The molecule has 1 aromatic heterocycles. The largest absolute Gasteiger partial charge is 0.344 e. The standard InChI is InChI=1S/C17H28Cl3N3O2.C9H6N2O2.H3N/c1-10(2)7-13-15(23(24)25)22-14-8-16(18,19)6-5-12(14)17(13,20)21-9-11(3)4;12-11(13)8-5-7-3-1-2-4-9(7)10-6-8;/h5-6,10-15,21-22H,7-9H2,1-4H3;1-6H;1H3. The molecule has 0 radical (unpaired) electrons. The van der Waals surface area contributed by atoms with Crippen LogP contribution in [-0.4, -0.2) is 42.9 Å². The average Bonchev–Trinajstić information content (AvgIpc) is 2.83. The molecular formula is C26H37Cl3N6O4. The second kappa shape index (κ2) is 13.5. The Kier molecular flexibility index (Phi) is 11.5. The van der Waals surface area contributed by atoms with Gasteiger partial charge >= 0.3 is 0 Å². The number of allylic oxidation sites excluding steroid dienone is 1. The zero-order valence-electron chi connectivity index (χ0n) is 22.5. The van der Waals surface area contributed by atoms with Crippen molar-refractivity contribution >= 4 is 51.4 Å². The molecule has 2 aliphatic rings. The third-order valence-corrected chi connectivity index (χ3v) is 8.01. The van der Waals surface area contributed by atoms with Crippen molar-refractivity contribution in [1.29, 1.82) is 0 Å². The molecule has 10 nitrogen and oxygen atoms in total. The normalized spacial score (nSPS) is 27.3. The van der Waals surface area contributed by atoms with E-state index < -0.39 is 20.4 Å². The Hall–Kier alpha value is -2.08. The summed E-state index contributed by atoms with van der Waals surface area (Å²) >= 11 is 19.7. The Morgan fingerprint density at radius 2 is 1.79 bits per heavy atom. The van der Waals surface area contributed by atoms with Crippen LogP contribution in [0.1, 0.15) is 40.5 Å². The van der Waals surface area contributed by atoms with Gasteiger partial charge in [0.25, 0.3) is 11.9 Å². The lowest BCUT2D eigenvalue weighted by molar-refractivity contribution is -0.546. The third-order valence-electron chi connectivity index (χ3n) is 6.78. The maximum Gasteiger partial charge on any atom is 0.288 e. The number of benzene rings is 1. The average molecular weight is 604 g/mol. The van der Waals surface area contributed by atoms with Crippen LogP contribution in [-0.2, 0) is 0 Å². The van der Waals surface area contributed by atoms with Gasteiger partial charge in [0.1, 0.15) is 15.5 Å². The Morgan fingerprint density at radius 1 is 1.13 bits per heavy atom. The molecule has 216 valence electrons. The number of aromatic nitrogens is 1. The van der Waals surface area contributed by atoms with Gasteiger partial charge in [0.2, 0.25) is 0 Å². The van der Waals surface area contributed by atoms with Gasteiger partial charge in [0.05, 0.1) is 16.4 Å². The van der Waals surface area contributed by atoms with Crippen molar-refractivity contribution in [3.63, 3.8) is 0 Å². The Labute approximate surface area is 243 Å². The number of alkyl halides is 3. The highest BCUT2D eigenvalue weighted by molar-refractivity contribution is 6.49. The van der Waals surface area contributed by atoms with Gasteiger partial charge in [0, 0.05) is 34.8 Å². The maximum absolute atomic E-state index is 11.8. The summed E-state index contributed by atoms with van der Waals surface area (Å²) in [5.41, 5.74) is 0.798. The van der Waals surface area contributed by atoms with Gasteiger partial charge in [-0.3, -0.25) is 30.9 Å². The summed E-state index contributed by atoms with van der Waals surface area (Å²) in [6.45, 7) is 8.98. The highest BCUT2D eigenvalue weighted by atomic mass is 35.5. The van der Waals surface area contributed by atoms with Crippen LogP contribution in [0.4, 0.5) is 5.69 Å². The number of rotatable bonds is 7. The number of para-hydroxylation sites is 1. The first-order valence-electron chi connectivity index (χ1n) is 12.6. The minimum absolute atomic E-state index is 0. The SMILES string of the molecule is CC(C)CNC1(Cl)C2C=CC(Cl)(Cl)CC2NC([N+](=O)[O-])C1CC(C)C.N.O=[N+]([O-])c1cnc2ccccc2c1. The highest BCUT2D eigenvalue weighted by Crippen LogP contribution is 2.48. The molecule has 39 heavy (non-hydrogen) atoms. The molecule has 1 aliphatic carbocycles. The lowest BCUT2D eigenvalue weighted by Gasteiger charge is -2.52. The van der Waals surface area contributed by atoms with Gasteiger partial charge in [0.15, 0.2) is 0 Å². The molecule has 0 spiro atoms. The summed E-state index contributed by atoms with van der Waals surface area (Å²) in [7, 11) is 0. The fourth-order valence-corrected chi connectivity index (χ4v) is 6.05. The number of fused-ring (bicyclic) bond motifs is 2. The molecule has 0 bridgehead atoms. The molecular weight excluding hydrogens is 567 g/mol. The molecule has 1 saturated heterocycles. The number of nitrogens with zero attached hydrogens (tertiary/aromatic N) is 3. The van der Waals surface area contributed by atoms with Gasteiger partial charge < -0.3 is 6.15 Å². The van der Waals surface area contributed by atoms with Crippen LogP contribution in [0, 0.1) is 43.9 Å². The summed E-state index contributed by atoms with van der Waals surface area (Å²) in [6, 6.07) is 8.56. The lowest BCUT2D eigenvalue weighted by Crippen LogP contribution is -2.71. The van der Waals surface area contributed by atoms with E-state index in [1.54, 1.807) is 12.1 Å². The van der Waals surface area contributed by atoms with Gasteiger partial charge in [-0.15, -0.1) is 11.6 Å². The van der Waals surface area contributed by atoms with Crippen molar-refractivity contribution in [3.8, 4) is 0 Å². The molecule has 5 N–H and O–H groups in total. The summed E-state index contributed by atoms with van der Waals surface area (Å²) in [5.74, 6) is 0.188. The predicted molar refractivity (Wildman–Crippen MR) is 157 cm³/mol. The zero-order valence-corrected chi connectivity index (χ0v) is 24.8. The second-order valence-corrected chi connectivity index (χ2v) is 12.9. The summed E-state index contributed by atoms with van der Waals surface area (Å²) < 4.78 is -1.03. The first kappa shape index (κ1) is 33.1. The molecule has 5 atom stereocenters. The highest BCUT2D eigenvalue weighted by Gasteiger charge is 2.59. The van der Waals surface area contributed by atoms with E-state index in [9.17, 15) is 20.2 Å². The Bertz CT molecular complexity index is 1180. The smallest absolute Gasteiger partial charge is 0.288 e. The van der Waals surface area contributed by atoms with Crippen LogP contribution >= 0.6 is 34.8 Å². The fourth-order valence-electron chi connectivity index (χ4n) is 5.06. The number of nitro groups is 2. The van der Waals surface area contributed by atoms with E-state index in [0.29, 0.717) is 25.3 Å². The monoisotopic (exact) mass is 602 g/mol. The predicted octanol–water partition coefficient (Wildman–Crippen LogP) is 6.46. The molecule has 1 aliphatic heterocycles. The Balaban J connectivity index is 0.000000319. The van der Waals surface area contributed by atoms with Crippen LogP contribution < -0.4 is 16.8 Å². The molecule has 13 heteroatoms. The van der Waals surface area contributed by atoms with Crippen molar-refractivity contribution in [2.75, 3.05) is 6.54 Å². The maximum atomic E-state index is 11.8. The quantitative estimate of drug-likeness (QED) is 0.107. The number of nitrogens with one attached hydrogen (secondary N) is 2. The van der Waals surface area contributed by atoms with E-state index in [1.807, 2.05) is 24.3 Å². The van der Waals surface area contributed by atoms with Gasteiger partial charge in [-0.25, -0.2) is 4.98 Å². The lowest BCUT2D eigenvalue weighted by atomic mass is 9.71. The summed E-state index contributed by atoms with van der Waals surface area (Å²) in [5, 5.41) is 29.6. The fraction of sp³-hybridized carbons (Fsp3) is 0.577. The van der Waals surface area contributed by atoms with Crippen molar-refractivity contribution in [3.05, 3.63) is 68.9 Å². The molecule has 0 saturated carbocycles. The first-order chi connectivity index (χ1) is 17.7. The zero-order chi connectivity index (χ0) is 28.3. The topological polar surface area (TPSA) is 158 Å². The number of piperidine rings is 1. The molecule has 4 rings (SSSR count).